The Bertz CT molecular complexity index is 379. The molecule has 1 rings (SSSR count). The molecule has 1 unspecified atom stereocenters. The van der Waals surface area contributed by atoms with Crippen LogP contribution in [0.1, 0.15) is 25.0 Å². The number of aliphatic hydroxyl groups excluding tert-OH is 1. The van der Waals surface area contributed by atoms with Gasteiger partial charge in [-0.25, -0.2) is 0 Å². The molecule has 0 saturated carbocycles. The van der Waals surface area contributed by atoms with E-state index in [9.17, 15) is 5.11 Å². The van der Waals surface area contributed by atoms with Gasteiger partial charge in [-0.3, -0.25) is 0 Å². The molecule has 0 amide bonds. The van der Waals surface area contributed by atoms with Crippen molar-refractivity contribution in [1.82, 2.24) is 0 Å². The fourth-order valence-corrected chi connectivity index (χ4v) is 1.47. The summed E-state index contributed by atoms with van der Waals surface area (Å²) in [5, 5.41) is 10.3. The van der Waals surface area contributed by atoms with E-state index in [-0.39, 0.29) is 0 Å². The summed E-state index contributed by atoms with van der Waals surface area (Å²) in [6.45, 7) is 1.75. The Labute approximate surface area is 97.2 Å². The second-order valence-electron chi connectivity index (χ2n) is 2.82. The molecule has 1 aromatic rings. The zero-order chi connectivity index (χ0) is 10.6. The summed E-state index contributed by atoms with van der Waals surface area (Å²) in [6, 6.07) is 5.39. The molecule has 3 heteroatoms. The lowest BCUT2D eigenvalue weighted by atomic mass is 10.1. The second-order valence-corrected chi connectivity index (χ2v) is 4.08. The molecule has 1 aromatic carbocycles. The van der Waals surface area contributed by atoms with Crippen molar-refractivity contribution in [2.24, 2.45) is 0 Å². The van der Waals surface area contributed by atoms with E-state index >= 15 is 0 Å². The lowest BCUT2D eigenvalue weighted by Crippen LogP contribution is -1.95. The Morgan fingerprint density at radius 2 is 2.29 bits per heavy atom. The lowest BCUT2D eigenvalue weighted by Gasteiger charge is -2.08. The highest BCUT2D eigenvalue weighted by molar-refractivity contribution is 9.10. The zero-order valence-electron chi connectivity index (χ0n) is 7.72. The predicted octanol–water partition coefficient (Wildman–Crippen LogP) is 3.55. The number of hydrogen-bond donors (Lipinski definition) is 1. The standard InChI is InChI=1S/C11H10BrClO/c1-2-3-4-11(14)8-5-6-9(12)10(13)7-8/h5-7,11,14H,4H2,1H3. The van der Waals surface area contributed by atoms with Gasteiger partial charge in [0.05, 0.1) is 11.1 Å². The molecule has 0 aliphatic heterocycles. The number of halogens is 2. The molecule has 0 fully saturated rings. The van der Waals surface area contributed by atoms with Crippen molar-refractivity contribution in [3.8, 4) is 11.8 Å². The Balaban J connectivity index is 2.83. The fourth-order valence-electron chi connectivity index (χ4n) is 1.04. The molecule has 0 radical (unpaired) electrons. The van der Waals surface area contributed by atoms with Gasteiger partial charge in [-0.2, -0.15) is 0 Å². The third-order valence-electron chi connectivity index (χ3n) is 1.80. The minimum absolute atomic E-state index is 0.439. The van der Waals surface area contributed by atoms with Gasteiger partial charge >= 0.3 is 0 Å². The van der Waals surface area contributed by atoms with Gasteiger partial charge in [-0.05, 0) is 40.5 Å². The van der Waals surface area contributed by atoms with Gasteiger partial charge in [0.2, 0.25) is 0 Å². The summed E-state index contributed by atoms with van der Waals surface area (Å²) in [5.74, 6) is 5.57. The van der Waals surface area contributed by atoms with Gasteiger partial charge in [-0.15, -0.1) is 11.8 Å². The predicted molar refractivity (Wildman–Crippen MR) is 62.2 cm³/mol. The van der Waals surface area contributed by atoms with Crippen molar-refractivity contribution < 1.29 is 5.11 Å². The van der Waals surface area contributed by atoms with E-state index in [1.165, 1.54) is 0 Å². The molecule has 0 spiro atoms. The molecule has 0 aliphatic carbocycles. The SMILES string of the molecule is CC#CCC(O)c1ccc(Br)c(Cl)c1. The topological polar surface area (TPSA) is 20.2 Å². The molecule has 0 saturated heterocycles. The minimum atomic E-state index is -0.562. The van der Waals surface area contributed by atoms with Gasteiger partial charge in [-0.1, -0.05) is 17.7 Å². The smallest absolute Gasteiger partial charge is 0.0899 e. The van der Waals surface area contributed by atoms with E-state index in [1.54, 1.807) is 13.0 Å². The van der Waals surface area contributed by atoms with Crippen LogP contribution in [0.5, 0.6) is 0 Å². The summed E-state index contributed by atoms with van der Waals surface area (Å²) in [5.41, 5.74) is 0.793. The van der Waals surface area contributed by atoms with E-state index < -0.39 is 6.10 Å². The number of benzene rings is 1. The summed E-state index contributed by atoms with van der Waals surface area (Å²) >= 11 is 9.19. The minimum Gasteiger partial charge on any atom is -0.387 e. The van der Waals surface area contributed by atoms with Crippen LogP contribution in [-0.4, -0.2) is 5.11 Å². The third-order valence-corrected chi connectivity index (χ3v) is 3.03. The molecule has 0 heterocycles. The summed E-state index contributed by atoms with van der Waals surface area (Å²) in [7, 11) is 0. The van der Waals surface area contributed by atoms with Crippen LogP contribution in [0.3, 0.4) is 0 Å². The van der Waals surface area contributed by atoms with Crippen LogP contribution in [0.25, 0.3) is 0 Å². The molecule has 1 nitrogen and oxygen atoms in total. The largest absolute Gasteiger partial charge is 0.387 e. The van der Waals surface area contributed by atoms with Gasteiger partial charge in [0.15, 0.2) is 0 Å². The van der Waals surface area contributed by atoms with Gasteiger partial charge in [0.1, 0.15) is 0 Å². The average Bonchev–Trinajstić information content (AvgIpc) is 2.18. The summed E-state index contributed by atoms with van der Waals surface area (Å²) in [4.78, 5) is 0. The Morgan fingerprint density at radius 3 is 2.86 bits per heavy atom. The Morgan fingerprint density at radius 1 is 1.57 bits per heavy atom. The van der Waals surface area contributed by atoms with Crippen LogP contribution in [-0.2, 0) is 0 Å². The monoisotopic (exact) mass is 272 g/mol. The molecule has 14 heavy (non-hydrogen) atoms. The molecule has 0 aromatic heterocycles. The first-order valence-corrected chi connectivity index (χ1v) is 5.35. The summed E-state index contributed by atoms with van der Waals surface area (Å²) < 4.78 is 0.830. The average molecular weight is 274 g/mol. The van der Waals surface area contributed by atoms with Crippen LogP contribution in [0.4, 0.5) is 0 Å². The van der Waals surface area contributed by atoms with E-state index in [0.717, 1.165) is 10.0 Å². The molecule has 1 atom stereocenters. The van der Waals surface area contributed by atoms with Crippen molar-refractivity contribution in [3.05, 3.63) is 33.3 Å². The number of aliphatic hydroxyl groups is 1. The number of rotatable bonds is 2. The van der Waals surface area contributed by atoms with Crippen LogP contribution in [0.2, 0.25) is 5.02 Å². The normalized spacial score (nSPS) is 11.7. The van der Waals surface area contributed by atoms with Crippen molar-refractivity contribution in [2.45, 2.75) is 19.4 Å². The number of hydrogen-bond acceptors (Lipinski definition) is 1. The van der Waals surface area contributed by atoms with Crippen molar-refractivity contribution in [3.63, 3.8) is 0 Å². The van der Waals surface area contributed by atoms with Crippen LogP contribution in [0, 0.1) is 11.8 Å². The van der Waals surface area contributed by atoms with Crippen LogP contribution >= 0.6 is 27.5 Å². The van der Waals surface area contributed by atoms with Gasteiger partial charge < -0.3 is 5.11 Å². The van der Waals surface area contributed by atoms with Crippen LogP contribution in [0.15, 0.2) is 22.7 Å². The van der Waals surface area contributed by atoms with Crippen molar-refractivity contribution in [2.75, 3.05) is 0 Å². The molecule has 0 aliphatic rings. The molecular formula is C11H10BrClO. The zero-order valence-corrected chi connectivity index (χ0v) is 10.1. The van der Waals surface area contributed by atoms with Crippen molar-refractivity contribution in [1.29, 1.82) is 0 Å². The first-order chi connectivity index (χ1) is 6.65. The fraction of sp³-hybridized carbons (Fsp3) is 0.273. The van der Waals surface area contributed by atoms with E-state index in [0.29, 0.717) is 11.4 Å². The quantitative estimate of drug-likeness (QED) is 0.817. The van der Waals surface area contributed by atoms with Gasteiger partial charge in [0.25, 0.3) is 0 Å². The third kappa shape index (κ3) is 3.02. The second kappa shape index (κ2) is 5.41. The van der Waals surface area contributed by atoms with E-state index in [2.05, 4.69) is 27.8 Å². The summed E-state index contributed by atoms with van der Waals surface area (Å²) in [6.07, 6.45) is -0.123. The van der Waals surface area contributed by atoms with E-state index in [1.807, 2.05) is 12.1 Å². The van der Waals surface area contributed by atoms with Crippen LogP contribution < -0.4 is 0 Å². The maximum Gasteiger partial charge on any atom is 0.0899 e. The highest BCUT2D eigenvalue weighted by Gasteiger charge is 2.07. The molecule has 0 bridgehead atoms. The first-order valence-electron chi connectivity index (χ1n) is 4.17. The maximum absolute atomic E-state index is 9.69. The Kier molecular flexibility index (Phi) is 4.47. The van der Waals surface area contributed by atoms with Gasteiger partial charge in [0, 0.05) is 10.9 Å². The highest BCUT2D eigenvalue weighted by Crippen LogP contribution is 2.26. The lowest BCUT2D eigenvalue weighted by molar-refractivity contribution is 0.184. The Hall–Kier alpha value is -0.490. The van der Waals surface area contributed by atoms with Crippen molar-refractivity contribution >= 4 is 27.5 Å². The molecular weight excluding hydrogens is 263 g/mol. The van der Waals surface area contributed by atoms with E-state index in [4.69, 9.17) is 11.6 Å². The molecule has 1 N–H and O–H groups in total. The first kappa shape index (κ1) is 11.6. The maximum atomic E-state index is 9.69. The molecule has 74 valence electrons. The highest BCUT2D eigenvalue weighted by atomic mass is 79.9.